The second-order valence-electron chi connectivity index (χ2n) is 26.7. The number of allylic oxidation sites excluding steroid dienone is 7. The van der Waals surface area contributed by atoms with E-state index in [0.29, 0.717) is 0 Å². The molecule has 0 saturated heterocycles. The van der Waals surface area contributed by atoms with E-state index in [1.807, 2.05) is 0 Å². The standard InChI is InChI=1S/C94H96N2/c1-10-12-14-28-60-94(9,85-51-57-88(58-52-85)95(92-71(5)62-69(3)63-72(92)6)86-55-49-78(50-56-86)66-90(79-30-20-15-21-31-79)80-32-22-16-23-33-80)61-59-77-45-43-75(44-46-77)41-42-76-47-53-87(54-48-76)96(93-73(7)64-70(4)65-74(93)8)89-40-29-39-83(67-89)84(38-19-13-11-2)68-91(81-34-24-17-25-35-81)82-36-26-18-27-37-82/h15-18,20-27,29-37,40-59,61-68H,10-14,19,28,38-39,60H2,1-9H3/b42-41?,61-59?,84-83+. The molecular formula is C94H96N2. The molecule has 0 heterocycles. The molecule has 0 bridgehead atoms. The number of hydrogen-bond acceptors (Lipinski definition) is 2. The highest BCUT2D eigenvalue weighted by atomic mass is 15.2. The van der Waals surface area contributed by atoms with Crippen molar-refractivity contribution in [2.24, 2.45) is 0 Å². The van der Waals surface area contributed by atoms with Crippen molar-refractivity contribution in [2.75, 3.05) is 9.80 Å². The third-order valence-corrected chi connectivity index (χ3v) is 19.0. The van der Waals surface area contributed by atoms with Gasteiger partial charge in [-0.2, -0.15) is 0 Å². The van der Waals surface area contributed by atoms with Gasteiger partial charge in [0.25, 0.3) is 0 Å². The number of unbranched alkanes of at least 4 members (excludes halogenated alkanes) is 5. The molecule has 11 rings (SSSR count). The van der Waals surface area contributed by atoms with Crippen molar-refractivity contribution < 1.29 is 0 Å². The summed E-state index contributed by atoms with van der Waals surface area (Å²) in [7, 11) is 0. The average Bonchev–Trinajstić information content (AvgIpc) is 0.787. The highest BCUT2D eigenvalue weighted by Crippen LogP contribution is 2.43. The van der Waals surface area contributed by atoms with E-state index in [4.69, 9.17) is 0 Å². The van der Waals surface area contributed by atoms with Crippen LogP contribution in [0.1, 0.15) is 168 Å². The molecule has 1 atom stereocenters. The van der Waals surface area contributed by atoms with Crippen LogP contribution < -0.4 is 9.80 Å². The van der Waals surface area contributed by atoms with Crippen LogP contribution in [0.3, 0.4) is 0 Å². The summed E-state index contributed by atoms with van der Waals surface area (Å²) in [4.78, 5) is 4.94. The van der Waals surface area contributed by atoms with Gasteiger partial charge in [-0.15, -0.1) is 0 Å². The average molecular weight is 1250 g/mol. The molecule has 2 heteroatoms. The summed E-state index contributed by atoms with van der Waals surface area (Å²) in [5, 5.41) is 0. The molecule has 1 unspecified atom stereocenters. The number of aryl methyl sites for hydroxylation is 6. The van der Waals surface area contributed by atoms with Crippen LogP contribution in [0.4, 0.5) is 28.4 Å². The summed E-state index contributed by atoms with van der Waals surface area (Å²) < 4.78 is 0. The van der Waals surface area contributed by atoms with Crippen LogP contribution >= 0.6 is 0 Å². The van der Waals surface area contributed by atoms with Gasteiger partial charge in [0.05, 0.1) is 11.4 Å². The van der Waals surface area contributed by atoms with Crippen molar-refractivity contribution >= 4 is 63.9 Å². The first kappa shape index (κ1) is 67.4. The molecule has 10 aromatic rings. The maximum atomic E-state index is 2.49. The Balaban J connectivity index is 0.847. The number of rotatable bonds is 26. The molecule has 0 N–H and O–H groups in total. The van der Waals surface area contributed by atoms with E-state index in [1.54, 1.807) is 0 Å². The van der Waals surface area contributed by atoms with Crippen LogP contribution in [0, 0.1) is 41.5 Å². The Labute approximate surface area is 575 Å². The molecule has 0 radical (unpaired) electrons. The van der Waals surface area contributed by atoms with Crippen molar-refractivity contribution in [1.29, 1.82) is 0 Å². The van der Waals surface area contributed by atoms with Gasteiger partial charge in [-0.3, -0.25) is 0 Å². The van der Waals surface area contributed by atoms with Crippen molar-refractivity contribution in [3.8, 4) is 0 Å². The van der Waals surface area contributed by atoms with E-state index in [-0.39, 0.29) is 5.41 Å². The van der Waals surface area contributed by atoms with Gasteiger partial charge in [0, 0.05) is 28.2 Å². The molecule has 0 spiro atoms. The van der Waals surface area contributed by atoms with Gasteiger partial charge < -0.3 is 9.80 Å². The highest BCUT2D eigenvalue weighted by Gasteiger charge is 2.26. The first-order valence-corrected chi connectivity index (χ1v) is 35.1. The minimum atomic E-state index is -0.167. The first-order valence-electron chi connectivity index (χ1n) is 35.1. The molecule has 1 aliphatic rings. The highest BCUT2D eigenvalue weighted by molar-refractivity contribution is 5.92. The van der Waals surface area contributed by atoms with Crippen LogP contribution in [-0.2, 0) is 5.41 Å². The van der Waals surface area contributed by atoms with Gasteiger partial charge in [-0.05, 0) is 216 Å². The Morgan fingerprint density at radius 2 is 0.823 bits per heavy atom. The summed E-state index contributed by atoms with van der Waals surface area (Å²) in [6.07, 6.45) is 32.7. The van der Waals surface area contributed by atoms with Crippen LogP contribution in [-0.4, -0.2) is 0 Å². The normalized spacial score (nSPS) is 13.3. The van der Waals surface area contributed by atoms with Crippen LogP contribution in [0.5, 0.6) is 0 Å². The lowest BCUT2D eigenvalue weighted by atomic mass is 9.77. The summed E-state index contributed by atoms with van der Waals surface area (Å²) in [5.74, 6) is 0. The fraction of sp³-hybridized carbons (Fsp3) is 0.213. The Bertz CT molecular complexity index is 4290. The summed E-state index contributed by atoms with van der Waals surface area (Å²) >= 11 is 0. The molecule has 0 fully saturated rings. The summed E-state index contributed by atoms with van der Waals surface area (Å²) in [6.45, 7) is 20.4. The van der Waals surface area contributed by atoms with Gasteiger partial charge in [0.15, 0.2) is 0 Å². The molecule has 10 aromatic carbocycles. The van der Waals surface area contributed by atoms with Gasteiger partial charge in [-0.1, -0.05) is 313 Å². The molecule has 0 saturated carbocycles. The van der Waals surface area contributed by atoms with E-state index < -0.39 is 0 Å². The largest absolute Gasteiger partial charge is 0.310 e. The molecule has 0 aliphatic heterocycles. The Hall–Kier alpha value is -10.0. The minimum absolute atomic E-state index is 0.167. The molecule has 1 aliphatic carbocycles. The monoisotopic (exact) mass is 1250 g/mol. The first-order chi connectivity index (χ1) is 46.8. The third-order valence-electron chi connectivity index (χ3n) is 19.0. The Morgan fingerprint density at radius 1 is 0.417 bits per heavy atom. The zero-order chi connectivity index (χ0) is 66.8. The number of hydrogen-bond donors (Lipinski definition) is 0. The Kier molecular flexibility index (Phi) is 22.8. The second kappa shape index (κ2) is 32.4. The quantitative estimate of drug-likeness (QED) is 0.0394. The van der Waals surface area contributed by atoms with Gasteiger partial charge in [0.2, 0.25) is 0 Å². The topological polar surface area (TPSA) is 6.48 Å². The van der Waals surface area contributed by atoms with Crippen molar-refractivity contribution in [3.05, 3.63) is 373 Å². The molecular weight excluding hydrogens is 1160 g/mol. The second-order valence-corrected chi connectivity index (χ2v) is 26.7. The van der Waals surface area contributed by atoms with E-state index in [2.05, 4.69) is 369 Å². The van der Waals surface area contributed by atoms with Crippen LogP contribution in [0.2, 0.25) is 0 Å². The van der Waals surface area contributed by atoms with Gasteiger partial charge in [-0.25, -0.2) is 0 Å². The number of nitrogens with zero attached hydrogens (tertiary/aromatic N) is 2. The van der Waals surface area contributed by atoms with Gasteiger partial charge >= 0.3 is 0 Å². The molecule has 0 amide bonds. The van der Waals surface area contributed by atoms with Crippen molar-refractivity contribution in [2.45, 2.75) is 132 Å². The fourth-order valence-electron chi connectivity index (χ4n) is 14.1. The lowest BCUT2D eigenvalue weighted by molar-refractivity contribution is 0.494. The van der Waals surface area contributed by atoms with E-state index in [9.17, 15) is 0 Å². The van der Waals surface area contributed by atoms with E-state index in [1.165, 1.54) is 150 Å². The minimum Gasteiger partial charge on any atom is -0.310 e. The smallest absolute Gasteiger partial charge is 0.0520 e. The zero-order valence-electron chi connectivity index (χ0n) is 58.3. The van der Waals surface area contributed by atoms with Crippen LogP contribution in [0.15, 0.2) is 290 Å². The van der Waals surface area contributed by atoms with E-state index in [0.717, 1.165) is 53.9 Å². The fourth-order valence-corrected chi connectivity index (χ4v) is 14.1. The molecule has 2 nitrogen and oxygen atoms in total. The van der Waals surface area contributed by atoms with Crippen molar-refractivity contribution in [1.82, 2.24) is 0 Å². The van der Waals surface area contributed by atoms with Gasteiger partial charge in [0.1, 0.15) is 0 Å². The maximum absolute atomic E-state index is 2.49. The zero-order valence-corrected chi connectivity index (χ0v) is 58.3. The number of benzene rings is 10. The molecule has 96 heavy (non-hydrogen) atoms. The molecule has 482 valence electrons. The lowest BCUT2D eigenvalue weighted by Crippen LogP contribution is -2.19. The van der Waals surface area contributed by atoms with Crippen LogP contribution in [0.25, 0.3) is 35.5 Å². The van der Waals surface area contributed by atoms with E-state index >= 15 is 0 Å². The van der Waals surface area contributed by atoms with Crippen molar-refractivity contribution in [3.63, 3.8) is 0 Å². The lowest BCUT2D eigenvalue weighted by Gasteiger charge is -2.31. The summed E-state index contributed by atoms with van der Waals surface area (Å²) in [6, 6.07) is 89.2. The SMILES string of the molecule is CCCCCCC(C)(C=Cc1ccc(C=Cc2ccc(N(C3=C/C(=C(/C=C(c4ccccc4)c4ccccc4)CCCCC)CC=C3)c3c(C)cc(C)cc3C)cc2)cc1)c1ccc(N(c2ccc(C=C(c3ccccc3)c3ccccc3)cc2)c2c(C)cc(C)cc2C)cc1. The Morgan fingerprint density at radius 3 is 1.30 bits per heavy atom. The summed E-state index contributed by atoms with van der Waals surface area (Å²) in [5.41, 5.74) is 30.6. The predicted molar refractivity (Wildman–Crippen MR) is 418 cm³/mol. The molecule has 0 aromatic heterocycles. The predicted octanol–water partition coefficient (Wildman–Crippen LogP) is 26.7. The third kappa shape index (κ3) is 16.9. The maximum Gasteiger partial charge on any atom is 0.0520 e. The number of anilines is 5.